The number of hydrogen-bond acceptors (Lipinski definition) is 1. The Morgan fingerprint density at radius 1 is 1.24 bits per heavy atom. The van der Waals surface area contributed by atoms with E-state index in [1.54, 1.807) is 7.11 Å². The minimum absolute atomic E-state index is 0.827. The molecule has 0 fully saturated rings. The molecule has 1 aromatic carbocycles. The van der Waals surface area contributed by atoms with Gasteiger partial charge in [0.15, 0.2) is 0 Å². The van der Waals surface area contributed by atoms with Crippen LogP contribution in [0, 0.1) is 6.92 Å². The van der Waals surface area contributed by atoms with E-state index in [0.717, 1.165) is 26.0 Å². The first-order valence-corrected chi connectivity index (χ1v) is 6.35. The van der Waals surface area contributed by atoms with E-state index in [0.29, 0.717) is 0 Å². The molecule has 2 rings (SSSR count). The Balaban J connectivity index is 2.43. The number of para-hydroxylation sites is 1. The van der Waals surface area contributed by atoms with Crippen molar-refractivity contribution in [3.8, 4) is 0 Å². The fraction of sp³-hybridized carbons (Fsp3) is 0.467. The van der Waals surface area contributed by atoms with Gasteiger partial charge in [-0.2, -0.15) is 0 Å². The molecule has 0 N–H and O–H groups in total. The van der Waals surface area contributed by atoms with Crippen molar-refractivity contribution in [2.45, 2.75) is 33.2 Å². The molecule has 2 heteroatoms. The van der Waals surface area contributed by atoms with Gasteiger partial charge in [0, 0.05) is 36.9 Å². The Morgan fingerprint density at radius 3 is 2.71 bits per heavy atom. The van der Waals surface area contributed by atoms with E-state index >= 15 is 0 Å². The first-order chi connectivity index (χ1) is 8.29. The summed E-state index contributed by atoms with van der Waals surface area (Å²) in [5.41, 5.74) is 4.25. The number of aryl methyl sites for hydroxylation is 2. The van der Waals surface area contributed by atoms with Crippen LogP contribution in [0.3, 0.4) is 0 Å². The highest BCUT2D eigenvalue weighted by molar-refractivity contribution is 5.85. The molecule has 17 heavy (non-hydrogen) atoms. The van der Waals surface area contributed by atoms with Crippen LogP contribution in [-0.4, -0.2) is 18.3 Å². The molecule has 0 atom stereocenters. The molecule has 0 aliphatic heterocycles. The van der Waals surface area contributed by atoms with Crippen LogP contribution < -0.4 is 0 Å². The lowest BCUT2D eigenvalue weighted by Gasteiger charge is -2.08. The monoisotopic (exact) mass is 231 g/mol. The van der Waals surface area contributed by atoms with Crippen LogP contribution in [0.5, 0.6) is 0 Å². The lowest BCUT2D eigenvalue weighted by Crippen LogP contribution is -2.03. The number of rotatable bonds is 5. The van der Waals surface area contributed by atoms with Gasteiger partial charge in [-0.3, -0.25) is 0 Å². The van der Waals surface area contributed by atoms with E-state index < -0.39 is 0 Å². The third kappa shape index (κ3) is 2.22. The molecule has 0 saturated heterocycles. The SMILES string of the molecule is CCc1c(C)n(CCCOC)c2ccccc12. The molecule has 0 saturated carbocycles. The fourth-order valence-electron chi connectivity index (χ4n) is 2.60. The summed E-state index contributed by atoms with van der Waals surface area (Å²) < 4.78 is 7.56. The normalized spacial score (nSPS) is 11.2. The van der Waals surface area contributed by atoms with Crippen LogP contribution in [0.2, 0.25) is 0 Å². The second-order valence-corrected chi connectivity index (χ2v) is 4.43. The molecule has 2 nitrogen and oxygen atoms in total. The van der Waals surface area contributed by atoms with E-state index in [1.807, 2.05) is 0 Å². The molecule has 0 bridgehead atoms. The molecule has 0 aliphatic rings. The molecule has 0 aliphatic carbocycles. The average molecular weight is 231 g/mol. The predicted molar refractivity (Wildman–Crippen MR) is 72.5 cm³/mol. The summed E-state index contributed by atoms with van der Waals surface area (Å²) in [5.74, 6) is 0. The molecule has 0 radical (unpaired) electrons. The van der Waals surface area contributed by atoms with Crippen molar-refractivity contribution in [3.05, 3.63) is 35.5 Å². The lowest BCUT2D eigenvalue weighted by atomic mass is 10.1. The van der Waals surface area contributed by atoms with E-state index in [-0.39, 0.29) is 0 Å². The maximum Gasteiger partial charge on any atom is 0.0485 e. The van der Waals surface area contributed by atoms with Crippen LogP contribution in [0.4, 0.5) is 0 Å². The molecular formula is C15H21NO. The highest BCUT2D eigenvalue weighted by Gasteiger charge is 2.11. The summed E-state index contributed by atoms with van der Waals surface area (Å²) in [4.78, 5) is 0. The number of hydrogen-bond donors (Lipinski definition) is 0. The zero-order valence-electron chi connectivity index (χ0n) is 11.0. The van der Waals surface area contributed by atoms with E-state index in [4.69, 9.17) is 4.74 Å². The maximum absolute atomic E-state index is 5.14. The molecule has 0 amide bonds. The highest BCUT2D eigenvalue weighted by Crippen LogP contribution is 2.26. The minimum Gasteiger partial charge on any atom is -0.385 e. The topological polar surface area (TPSA) is 14.2 Å². The third-order valence-electron chi connectivity index (χ3n) is 3.45. The highest BCUT2D eigenvalue weighted by atomic mass is 16.5. The number of benzene rings is 1. The largest absolute Gasteiger partial charge is 0.385 e. The molecule has 0 spiro atoms. The molecule has 92 valence electrons. The van der Waals surface area contributed by atoms with Gasteiger partial charge in [0.05, 0.1) is 0 Å². The minimum atomic E-state index is 0.827. The van der Waals surface area contributed by atoms with Gasteiger partial charge >= 0.3 is 0 Å². The fourth-order valence-corrected chi connectivity index (χ4v) is 2.60. The van der Waals surface area contributed by atoms with Gasteiger partial charge in [-0.15, -0.1) is 0 Å². The van der Waals surface area contributed by atoms with Crippen LogP contribution in [0.1, 0.15) is 24.6 Å². The Bertz CT molecular complexity index is 499. The summed E-state index contributed by atoms with van der Waals surface area (Å²) in [5, 5.41) is 1.41. The van der Waals surface area contributed by atoms with Gasteiger partial charge in [0.1, 0.15) is 0 Å². The van der Waals surface area contributed by atoms with Crippen molar-refractivity contribution in [2.75, 3.05) is 13.7 Å². The average Bonchev–Trinajstić information content (AvgIpc) is 2.62. The third-order valence-corrected chi connectivity index (χ3v) is 3.45. The van der Waals surface area contributed by atoms with Gasteiger partial charge in [0.25, 0.3) is 0 Å². The molecule has 1 aromatic heterocycles. The van der Waals surface area contributed by atoms with Crippen LogP contribution in [0.15, 0.2) is 24.3 Å². The predicted octanol–water partition coefficient (Wildman–Crippen LogP) is 3.55. The zero-order chi connectivity index (χ0) is 12.3. The number of nitrogens with zero attached hydrogens (tertiary/aromatic N) is 1. The van der Waals surface area contributed by atoms with Crippen LogP contribution in [0.25, 0.3) is 10.9 Å². The zero-order valence-corrected chi connectivity index (χ0v) is 11.0. The number of methoxy groups -OCH3 is 1. The molecule has 1 heterocycles. The Hall–Kier alpha value is -1.28. The molecule has 0 unspecified atom stereocenters. The number of aromatic nitrogens is 1. The van der Waals surface area contributed by atoms with Crippen LogP contribution in [-0.2, 0) is 17.7 Å². The summed E-state index contributed by atoms with van der Waals surface area (Å²) in [7, 11) is 1.76. The van der Waals surface area contributed by atoms with Gasteiger partial charge in [0.2, 0.25) is 0 Å². The van der Waals surface area contributed by atoms with E-state index in [9.17, 15) is 0 Å². The Morgan fingerprint density at radius 2 is 2.00 bits per heavy atom. The van der Waals surface area contributed by atoms with E-state index in [2.05, 4.69) is 42.7 Å². The lowest BCUT2D eigenvalue weighted by molar-refractivity contribution is 0.190. The Labute approximate surface area is 103 Å². The second kappa shape index (κ2) is 5.37. The Kier molecular flexibility index (Phi) is 3.85. The maximum atomic E-state index is 5.14. The molecule has 2 aromatic rings. The van der Waals surface area contributed by atoms with Gasteiger partial charge in [-0.1, -0.05) is 25.1 Å². The standard InChI is InChI=1S/C15H21NO/c1-4-13-12(2)16(10-7-11-17-3)15-9-6-5-8-14(13)15/h5-6,8-9H,4,7,10-11H2,1-3H3. The smallest absolute Gasteiger partial charge is 0.0485 e. The van der Waals surface area contributed by atoms with Gasteiger partial charge in [-0.05, 0) is 31.4 Å². The first-order valence-electron chi connectivity index (χ1n) is 6.35. The van der Waals surface area contributed by atoms with Crippen molar-refractivity contribution in [1.29, 1.82) is 0 Å². The number of fused-ring (bicyclic) bond motifs is 1. The van der Waals surface area contributed by atoms with Gasteiger partial charge < -0.3 is 9.30 Å². The quantitative estimate of drug-likeness (QED) is 0.718. The van der Waals surface area contributed by atoms with Crippen molar-refractivity contribution < 1.29 is 4.74 Å². The second-order valence-electron chi connectivity index (χ2n) is 4.43. The van der Waals surface area contributed by atoms with Crippen molar-refractivity contribution in [1.82, 2.24) is 4.57 Å². The van der Waals surface area contributed by atoms with Crippen molar-refractivity contribution in [3.63, 3.8) is 0 Å². The van der Waals surface area contributed by atoms with Crippen LogP contribution >= 0.6 is 0 Å². The van der Waals surface area contributed by atoms with Crippen molar-refractivity contribution >= 4 is 10.9 Å². The van der Waals surface area contributed by atoms with Crippen molar-refractivity contribution in [2.24, 2.45) is 0 Å². The first kappa shape index (κ1) is 12.2. The summed E-state index contributed by atoms with van der Waals surface area (Å²) >= 11 is 0. The number of ether oxygens (including phenoxy) is 1. The van der Waals surface area contributed by atoms with E-state index in [1.165, 1.54) is 22.2 Å². The summed E-state index contributed by atoms with van der Waals surface area (Å²) in [6, 6.07) is 8.69. The molecular weight excluding hydrogens is 210 g/mol. The van der Waals surface area contributed by atoms with Gasteiger partial charge in [-0.25, -0.2) is 0 Å². The summed E-state index contributed by atoms with van der Waals surface area (Å²) in [6.45, 7) is 6.33. The summed E-state index contributed by atoms with van der Waals surface area (Å²) in [6.07, 6.45) is 2.17.